The Labute approximate surface area is 226 Å². The van der Waals surface area contributed by atoms with E-state index in [2.05, 4.69) is 0 Å². The second-order valence-corrected chi connectivity index (χ2v) is 11.8. The third-order valence-electron chi connectivity index (χ3n) is 6.35. The lowest BCUT2D eigenvalue weighted by Gasteiger charge is -2.34. The van der Waals surface area contributed by atoms with E-state index in [1.54, 1.807) is 12.1 Å². The number of Topliss-reactive ketones (excluding diaryl/α,β-unsaturated/α-hetero) is 1. The van der Waals surface area contributed by atoms with Crippen LogP contribution in [0.25, 0.3) is 0 Å². The standard InChI is InChI=1S/C25H30FN3O6S.BrH/c1-25(2,3)16-9-14(10-17-22(16)35-8-7-29(17)36(6,31)32)18(30)13-28-12-15-11-19(33-4)23(34-5)21(26)20(15)24(28)27;/h9-11,27H,7-8,12-13H2,1-6H3;1H. The van der Waals surface area contributed by atoms with Crippen LogP contribution in [-0.4, -0.2) is 65.1 Å². The zero-order valence-electron chi connectivity index (χ0n) is 21.6. The number of ether oxygens (including phenoxy) is 3. The molecule has 1 N–H and O–H groups in total. The number of methoxy groups -OCH3 is 2. The molecule has 0 radical (unpaired) electrons. The summed E-state index contributed by atoms with van der Waals surface area (Å²) in [5, 5.41) is 8.52. The molecule has 0 saturated heterocycles. The van der Waals surface area contributed by atoms with E-state index in [0.29, 0.717) is 22.6 Å². The lowest BCUT2D eigenvalue weighted by Crippen LogP contribution is -2.38. The summed E-state index contributed by atoms with van der Waals surface area (Å²) in [7, 11) is -0.878. The van der Waals surface area contributed by atoms with Crippen LogP contribution in [0.4, 0.5) is 10.1 Å². The van der Waals surface area contributed by atoms with E-state index in [1.807, 2.05) is 20.8 Å². The summed E-state index contributed by atoms with van der Waals surface area (Å²) < 4.78 is 57.5. The quantitative estimate of drug-likeness (QED) is 0.501. The number of halogens is 2. The van der Waals surface area contributed by atoms with Gasteiger partial charge in [-0.15, -0.1) is 17.0 Å². The molecule has 0 spiro atoms. The zero-order valence-corrected chi connectivity index (χ0v) is 24.1. The van der Waals surface area contributed by atoms with Gasteiger partial charge in [0.05, 0.1) is 44.8 Å². The molecule has 12 heteroatoms. The third-order valence-corrected chi connectivity index (χ3v) is 7.53. The lowest BCUT2D eigenvalue weighted by atomic mass is 9.84. The van der Waals surface area contributed by atoms with E-state index >= 15 is 4.39 Å². The van der Waals surface area contributed by atoms with Crippen molar-refractivity contribution < 1.29 is 31.8 Å². The van der Waals surface area contributed by atoms with Gasteiger partial charge in [0, 0.05) is 17.7 Å². The van der Waals surface area contributed by atoms with Crippen molar-refractivity contribution in [3.8, 4) is 17.2 Å². The van der Waals surface area contributed by atoms with Crippen LogP contribution >= 0.6 is 17.0 Å². The average Bonchev–Trinajstić information content (AvgIpc) is 3.11. The molecule has 0 fully saturated rings. The number of fused-ring (bicyclic) bond motifs is 2. The summed E-state index contributed by atoms with van der Waals surface area (Å²) in [6.07, 6.45) is 1.12. The minimum absolute atomic E-state index is 0. The molecule has 37 heavy (non-hydrogen) atoms. The van der Waals surface area contributed by atoms with Crippen molar-refractivity contribution in [3.63, 3.8) is 0 Å². The first-order valence-corrected chi connectivity index (χ1v) is 13.2. The molecule has 2 aliphatic heterocycles. The second-order valence-electron chi connectivity index (χ2n) is 9.89. The summed E-state index contributed by atoms with van der Waals surface area (Å²) in [6, 6.07) is 4.84. The Morgan fingerprint density at radius 3 is 2.43 bits per heavy atom. The fraction of sp³-hybridized carbons (Fsp3) is 0.440. The van der Waals surface area contributed by atoms with Crippen LogP contribution in [0.15, 0.2) is 18.2 Å². The van der Waals surface area contributed by atoms with Crippen molar-refractivity contribution >= 4 is 44.3 Å². The normalized spacial score (nSPS) is 14.9. The van der Waals surface area contributed by atoms with E-state index in [1.165, 1.54) is 29.5 Å². The number of nitrogens with one attached hydrogen (secondary N) is 1. The molecule has 4 rings (SSSR count). The van der Waals surface area contributed by atoms with Gasteiger partial charge in [-0.3, -0.25) is 14.5 Å². The lowest BCUT2D eigenvalue weighted by molar-refractivity contribution is 0.0962. The fourth-order valence-electron chi connectivity index (χ4n) is 4.59. The maximum absolute atomic E-state index is 15.1. The predicted octanol–water partition coefficient (Wildman–Crippen LogP) is 3.90. The number of ketones is 1. The molecule has 0 amide bonds. The third kappa shape index (κ3) is 5.13. The van der Waals surface area contributed by atoms with Crippen LogP contribution in [0.1, 0.15) is 47.8 Å². The number of rotatable bonds is 6. The Morgan fingerprint density at radius 1 is 1.19 bits per heavy atom. The van der Waals surface area contributed by atoms with Gasteiger partial charge in [-0.2, -0.15) is 0 Å². The van der Waals surface area contributed by atoms with Crippen molar-refractivity contribution in [3.05, 3.63) is 46.3 Å². The average molecular weight is 601 g/mol. The van der Waals surface area contributed by atoms with Gasteiger partial charge in [0.1, 0.15) is 18.2 Å². The molecule has 0 unspecified atom stereocenters. The minimum Gasteiger partial charge on any atom is -0.493 e. The van der Waals surface area contributed by atoms with Crippen LogP contribution < -0.4 is 18.5 Å². The van der Waals surface area contributed by atoms with Crippen LogP contribution in [0.2, 0.25) is 0 Å². The molecule has 202 valence electrons. The molecule has 2 aliphatic rings. The smallest absolute Gasteiger partial charge is 0.232 e. The maximum Gasteiger partial charge on any atom is 0.232 e. The highest BCUT2D eigenvalue weighted by Crippen LogP contribution is 2.43. The highest BCUT2D eigenvalue weighted by atomic mass is 79.9. The monoisotopic (exact) mass is 599 g/mol. The van der Waals surface area contributed by atoms with E-state index < -0.39 is 21.3 Å². The van der Waals surface area contributed by atoms with Gasteiger partial charge < -0.3 is 19.1 Å². The van der Waals surface area contributed by atoms with Crippen molar-refractivity contribution in [1.29, 1.82) is 5.41 Å². The van der Waals surface area contributed by atoms with Crippen LogP contribution in [0, 0.1) is 11.2 Å². The number of carbonyl (C=O) groups excluding carboxylic acids is 1. The van der Waals surface area contributed by atoms with Gasteiger partial charge in [-0.05, 0) is 29.2 Å². The molecular formula is C25H31BrFN3O6S. The van der Waals surface area contributed by atoms with Crippen LogP contribution in [0.5, 0.6) is 17.2 Å². The van der Waals surface area contributed by atoms with Gasteiger partial charge in [-0.1, -0.05) is 20.8 Å². The molecule has 9 nitrogen and oxygen atoms in total. The molecule has 0 bridgehead atoms. The van der Waals surface area contributed by atoms with Gasteiger partial charge in [0.2, 0.25) is 10.0 Å². The van der Waals surface area contributed by atoms with Crippen LogP contribution in [-0.2, 0) is 22.0 Å². The summed E-state index contributed by atoms with van der Waals surface area (Å²) >= 11 is 0. The van der Waals surface area contributed by atoms with Gasteiger partial charge in [0.25, 0.3) is 0 Å². The number of benzene rings is 2. The molecule has 2 aromatic carbocycles. The SMILES string of the molecule is Br.COc1cc2c(c(F)c1OC)C(=N)N(CC(=O)c1cc3c(c(C(C)(C)C)c1)OCCN3S(C)(=O)=O)C2. The molecule has 0 saturated carbocycles. The van der Waals surface area contributed by atoms with Crippen LogP contribution in [0.3, 0.4) is 0 Å². The number of carbonyl (C=O) groups is 1. The highest BCUT2D eigenvalue weighted by Gasteiger charge is 2.35. The molecule has 0 aliphatic carbocycles. The first kappa shape index (κ1) is 28.7. The highest BCUT2D eigenvalue weighted by molar-refractivity contribution is 8.93. The van der Waals surface area contributed by atoms with E-state index in [4.69, 9.17) is 19.6 Å². The fourth-order valence-corrected chi connectivity index (χ4v) is 5.49. The Hall–Kier alpha value is -2.86. The topological polar surface area (TPSA) is 109 Å². The number of anilines is 1. The Balaban J connectivity index is 0.00000380. The van der Waals surface area contributed by atoms with Gasteiger partial charge in [-0.25, -0.2) is 12.8 Å². The number of amidine groups is 1. The first-order valence-electron chi connectivity index (χ1n) is 11.4. The molecule has 2 aromatic rings. The minimum atomic E-state index is -3.60. The molecular weight excluding hydrogens is 569 g/mol. The summed E-state index contributed by atoms with van der Waals surface area (Å²) in [5.41, 5.74) is 1.46. The largest absolute Gasteiger partial charge is 0.493 e. The van der Waals surface area contributed by atoms with E-state index in [9.17, 15) is 13.2 Å². The number of sulfonamides is 1. The molecule has 0 atom stereocenters. The second kappa shape index (κ2) is 10.1. The number of hydrogen-bond acceptors (Lipinski definition) is 7. The summed E-state index contributed by atoms with van der Waals surface area (Å²) in [5.74, 6) is -0.624. The Morgan fingerprint density at radius 2 is 1.86 bits per heavy atom. The molecule has 2 heterocycles. The Bertz CT molecular complexity index is 1370. The summed E-state index contributed by atoms with van der Waals surface area (Å²) in [6.45, 7) is 6.16. The van der Waals surface area contributed by atoms with Crippen molar-refractivity contribution in [2.24, 2.45) is 0 Å². The number of hydrogen-bond donors (Lipinski definition) is 1. The van der Waals surface area contributed by atoms with E-state index in [0.717, 1.165) is 6.26 Å². The zero-order chi connectivity index (χ0) is 26.6. The van der Waals surface area contributed by atoms with Gasteiger partial charge >= 0.3 is 0 Å². The van der Waals surface area contributed by atoms with Gasteiger partial charge in [0.15, 0.2) is 23.1 Å². The summed E-state index contributed by atoms with van der Waals surface area (Å²) in [4.78, 5) is 14.9. The number of nitrogens with zero attached hydrogens (tertiary/aromatic N) is 2. The molecule has 0 aromatic heterocycles. The van der Waals surface area contributed by atoms with E-state index in [-0.39, 0.29) is 77.5 Å². The van der Waals surface area contributed by atoms with Crippen molar-refractivity contribution in [2.75, 3.05) is 44.5 Å². The Kier molecular flexibility index (Phi) is 7.86. The predicted molar refractivity (Wildman–Crippen MR) is 144 cm³/mol. The van der Waals surface area contributed by atoms with Crippen molar-refractivity contribution in [1.82, 2.24) is 4.90 Å². The van der Waals surface area contributed by atoms with Crippen molar-refractivity contribution in [2.45, 2.75) is 32.7 Å². The maximum atomic E-state index is 15.1. The first-order chi connectivity index (χ1) is 16.8.